The van der Waals surface area contributed by atoms with Crippen molar-refractivity contribution in [1.29, 1.82) is 5.26 Å². The van der Waals surface area contributed by atoms with Gasteiger partial charge in [0.15, 0.2) is 0 Å². The number of anilines is 1. The van der Waals surface area contributed by atoms with Gasteiger partial charge in [-0.15, -0.1) is 0 Å². The first-order valence-electron chi connectivity index (χ1n) is 11.0. The molecule has 0 spiro atoms. The number of aromatic amines is 1. The normalized spacial score (nSPS) is 18.1. The van der Waals surface area contributed by atoms with Gasteiger partial charge in [-0.3, -0.25) is 14.5 Å². The van der Waals surface area contributed by atoms with E-state index >= 15 is 0 Å². The van der Waals surface area contributed by atoms with E-state index in [1.54, 1.807) is 17.9 Å². The van der Waals surface area contributed by atoms with Crippen molar-refractivity contribution in [2.45, 2.75) is 31.2 Å². The van der Waals surface area contributed by atoms with Crippen molar-refractivity contribution in [2.75, 3.05) is 18.4 Å². The molecule has 0 saturated carbocycles. The molecule has 1 saturated heterocycles. The lowest BCUT2D eigenvalue weighted by molar-refractivity contribution is -0.125. The third-order valence-electron chi connectivity index (χ3n) is 5.94. The molecule has 0 radical (unpaired) electrons. The van der Waals surface area contributed by atoms with Crippen LogP contribution in [-0.4, -0.2) is 50.8 Å². The molecule has 1 aliphatic heterocycles. The number of nitriles is 1. The SMILES string of the molecule is CC(C(=O)Nc1ccc(Oc2ncc(F)cc2C#N)cn1)N1CCC(F)(F)C(c2ccc(=O)[nH]c2)C1. The summed E-state index contributed by atoms with van der Waals surface area (Å²) in [7, 11) is 0. The highest BCUT2D eigenvalue weighted by Gasteiger charge is 2.46. The second-order valence-corrected chi connectivity index (χ2v) is 8.31. The quantitative estimate of drug-likeness (QED) is 0.534. The topological polar surface area (TPSA) is 124 Å². The molecule has 0 aromatic carbocycles. The number of likely N-dealkylation sites (tertiary alicyclic amines) is 1. The van der Waals surface area contributed by atoms with Gasteiger partial charge in [0, 0.05) is 31.8 Å². The van der Waals surface area contributed by atoms with Crippen molar-refractivity contribution in [3.05, 3.63) is 76.2 Å². The number of aromatic nitrogens is 3. The van der Waals surface area contributed by atoms with Crippen molar-refractivity contribution in [3.63, 3.8) is 0 Å². The van der Waals surface area contributed by atoms with E-state index in [-0.39, 0.29) is 41.7 Å². The van der Waals surface area contributed by atoms with Gasteiger partial charge in [-0.25, -0.2) is 23.1 Å². The van der Waals surface area contributed by atoms with Crippen molar-refractivity contribution >= 4 is 11.7 Å². The average molecular weight is 498 g/mol. The van der Waals surface area contributed by atoms with Crippen LogP contribution in [0, 0.1) is 17.1 Å². The lowest BCUT2D eigenvalue weighted by Gasteiger charge is -2.40. The molecule has 12 heteroatoms. The van der Waals surface area contributed by atoms with E-state index in [1.165, 1.54) is 36.7 Å². The fourth-order valence-corrected chi connectivity index (χ4v) is 3.88. The van der Waals surface area contributed by atoms with Gasteiger partial charge >= 0.3 is 0 Å². The molecule has 4 heterocycles. The summed E-state index contributed by atoms with van der Waals surface area (Å²) in [5.41, 5.74) is -0.177. The van der Waals surface area contributed by atoms with E-state index in [4.69, 9.17) is 10.00 Å². The number of nitrogens with one attached hydrogen (secondary N) is 2. The third kappa shape index (κ3) is 5.52. The molecule has 186 valence electrons. The Labute approximate surface area is 203 Å². The van der Waals surface area contributed by atoms with E-state index in [0.29, 0.717) is 5.56 Å². The van der Waals surface area contributed by atoms with E-state index in [2.05, 4.69) is 20.3 Å². The predicted octanol–water partition coefficient (Wildman–Crippen LogP) is 3.42. The highest BCUT2D eigenvalue weighted by molar-refractivity contribution is 5.93. The van der Waals surface area contributed by atoms with Crippen molar-refractivity contribution in [3.8, 4) is 17.7 Å². The lowest BCUT2D eigenvalue weighted by Crippen LogP contribution is -2.52. The fraction of sp³-hybridized carbons (Fsp3) is 0.292. The zero-order chi connectivity index (χ0) is 25.9. The van der Waals surface area contributed by atoms with Crippen LogP contribution in [0.2, 0.25) is 0 Å². The number of hydrogen-bond donors (Lipinski definition) is 2. The Bertz CT molecular complexity index is 1340. The van der Waals surface area contributed by atoms with Gasteiger partial charge in [0.05, 0.1) is 24.4 Å². The monoisotopic (exact) mass is 498 g/mol. The Hall–Kier alpha value is -4.24. The number of ether oxygens (including phenoxy) is 1. The maximum atomic E-state index is 14.6. The summed E-state index contributed by atoms with van der Waals surface area (Å²) in [6.07, 6.45) is 3.06. The molecule has 3 aromatic rings. The summed E-state index contributed by atoms with van der Waals surface area (Å²) in [4.78, 5) is 36.0. The molecule has 36 heavy (non-hydrogen) atoms. The summed E-state index contributed by atoms with van der Waals surface area (Å²) < 4.78 is 47.9. The lowest BCUT2D eigenvalue weighted by atomic mass is 9.87. The molecule has 4 rings (SSSR count). The van der Waals surface area contributed by atoms with Crippen LogP contribution in [0.25, 0.3) is 0 Å². The molecular weight excluding hydrogens is 477 g/mol. The number of hydrogen-bond acceptors (Lipinski definition) is 7. The van der Waals surface area contributed by atoms with Crippen LogP contribution < -0.4 is 15.6 Å². The molecule has 2 unspecified atom stereocenters. The molecule has 1 aliphatic rings. The van der Waals surface area contributed by atoms with Gasteiger partial charge in [-0.1, -0.05) is 6.07 Å². The molecule has 3 aromatic heterocycles. The van der Waals surface area contributed by atoms with E-state index in [0.717, 1.165) is 12.3 Å². The molecule has 2 N–H and O–H groups in total. The van der Waals surface area contributed by atoms with Gasteiger partial charge in [0.25, 0.3) is 5.92 Å². The highest BCUT2D eigenvalue weighted by atomic mass is 19.3. The molecule has 0 bridgehead atoms. The summed E-state index contributed by atoms with van der Waals surface area (Å²) in [6, 6.07) is 7.56. The second kappa shape index (κ2) is 10.2. The summed E-state index contributed by atoms with van der Waals surface area (Å²) in [5, 5.41) is 11.7. The Morgan fingerprint density at radius 1 is 1.31 bits per heavy atom. The van der Waals surface area contributed by atoms with Crippen LogP contribution in [0.15, 0.2) is 53.7 Å². The zero-order valence-corrected chi connectivity index (χ0v) is 19.0. The fourth-order valence-electron chi connectivity index (χ4n) is 3.88. The Kier molecular flexibility index (Phi) is 7.03. The van der Waals surface area contributed by atoms with E-state index in [9.17, 15) is 22.8 Å². The smallest absolute Gasteiger partial charge is 0.257 e. The number of nitrogens with zero attached hydrogens (tertiary/aromatic N) is 4. The van der Waals surface area contributed by atoms with Crippen LogP contribution in [-0.2, 0) is 4.79 Å². The van der Waals surface area contributed by atoms with Gasteiger partial charge in [0.1, 0.15) is 29.0 Å². The largest absolute Gasteiger partial charge is 0.436 e. The maximum Gasteiger partial charge on any atom is 0.257 e. The zero-order valence-electron chi connectivity index (χ0n) is 19.0. The number of rotatable bonds is 6. The number of halogens is 3. The molecule has 9 nitrogen and oxygen atoms in total. The molecule has 1 fully saturated rings. The van der Waals surface area contributed by atoms with Gasteiger partial charge in [-0.2, -0.15) is 5.26 Å². The van der Waals surface area contributed by atoms with Crippen LogP contribution in [0.1, 0.15) is 30.4 Å². The van der Waals surface area contributed by atoms with Crippen LogP contribution in [0.4, 0.5) is 19.0 Å². The number of pyridine rings is 3. The van der Waals surface area contributed by atoms with Crippen LogP contribution in [0.5, 0.6) is 11.6 Å². The van der Waals surface area contributed by atoms with Crippen molar-refractivity contribution in [2.24, 2.45) is 0 Å². The first-order valence-corrected chi connectivity index (χ1v) is 11.0. The predicted molar refractivity (Wildman–Crippen MR) is 122 cm³/mol. The van der Waals surface area contributed by atoms with Gasteiger partial charge in [-0.05, 0) is 30.7 Å². The Morgan fingerprint density at radius 2 is 2.11 bits per heavy atom. The van der Waals surface area contributed by atoms with Crippen molar-refractivity contribution in [1.82, 2.24) is 19.9 Å². The summed E-state index contributed by atoms with van der Waals surface area (Å²) in [6.45, 7) is 1.57. The van der Waals surface area contributed by atoms with Gasteiger partial charge < -0.3 is 15.0 Å². The van der Waals surface area contributed by atoms with E-state index < -0.39 is 36.0 Å². The van der Waals surface area contributed by atoms with Gasteiger partial charge in [0.2, 0.25) is 17.3 Å². The molecule has 0 aliphatic carbocycles. The van der Waals surface area contributed by atoms with Crippen LogP contribution in [0.3, 0.4) is 0 Å². The minimum atomic E-state index is -2.98. The highest BCUT2D eigenvalue weighted by Crippen LogP contribution is 2.40. The standard InChI is InChI=1S/C24H21F3N6O3/c1-14(33-7-6-24(26,27)19(13-33)15-2-5-21(34)30-10-15)22(35)32-20-4-3-18(12-29-20)36-23-16(9-28)8-17(25)11-31-23/h2-5,8,10-12,14,19H,6-7,13H2,1H3,(H,30,34)(H,29,32,35). The minimum Gasteiger partial charge on any atom is -0.436 e. The van der Waals surface area contributed by atoms with Crippen LogP contribution >= 0.6 is 0 Å². The van der Waals surface area contributed by atoms with E-state index in [1.807, 2.05) is 0 Å². The number of piperidine rings is 1. The average Bonchev–Trinajstić information content (AvgIpc) is 2.86. The first-order chi connectivity index (χ1) is 17.2. The Balaban J connectivity index is 1.40. The van der Waals surface area contributed by atoms with Crippen molar-refractivity contribution < 1.29 is 22.7 Å². The minimum absolute atomic E-state index is 0.0214. The Morgan fingerprint density at radius 3 is 2.78 bits per heavy atom. The number of H-pyrrole nitrogens is 1. The second-order valence-electron chi connectivity index (χ2n) is 8.31. The summed E-state index contributed by atoms with van der Waals surface area (Å²) in [5.74, 6) is -4.95. The molecular formula is C24H21F3N6O3. The number of amides is 1. The first kappa shape index (κ1) is 24.9. The number of carbonyl (C=O) groups excluding carboxylic acids is 1. The third-order valence-corrected chi connectivity index (χ3v) is 5.94. The molecule has 1 amide bonds. The summed E-state index contributed by atoms with van der Waals surface area (Å²) >= 11 is 0. The number of alkyl halides is 2. The molecule has 2 atom stereocenters. The number of carbonyl (C=O) groups is 1. The maximum absolute atomic E-state index is 14.6.